The fourth-order valence-electron chi connectivity index (χ4n) is 1.78. The highest BCUT2D eigenvalue weighted by Crippen LogP contribution is 2.25. The molecule has 1 heterocycles. The molecule has 88 valence electrons. The smallest absolute Gasteiger partial charge is 0.258 e. The fourth-order valence-corrected chi connectivity index (χ4v) is 1.78. The summed E-state index contributed by atoms with van der Waals surface area (Å²) in [7, 11) is 0. The molecule has 0 radical (unpaired) electrons. The number of benzene rings is 1. The average Bonchev–Trinajstić information content (AvgIpc) is 2.57. The van der Waals surface area contributed by atoms with E-state index >= 15 is 0 Å². The van der Waals surface area contributed by atoms with Crippen LogP contribution in [0.4, 0.5) is 0 Å². The number of imide groups is 1. The lowest BCUT2D eigenvalue weighted by Crippen LogP contribution is -2.21. The summed E-state index contributed by atoms with van der Waals surface area (Å²) in [6.45, 7) is 6.40. The van der Waals surface area contributed by atoms with Gasteiger partial charge in [-0.2, -0.15) is 0 Å². The minimum Gasteiger partial charge on any atom is -0.289 e. The van der Waals surface area contributed by atoms with E-state index in [0.29, 0.717) is 5.57 Å². The van der Waals surface area contributed by atoms with E-state index < -0.39 is 0 Å². The molecule has 1 aromatic carbocycles. The van der Waals surface area contributed by atoms with Crippen molar-refractivity contribution in [2.75, 3.05) is 0 Å². The Labute approximate surface area is 101 Å². The highest BCUT2D eigenvalue weighted by Gasteiger charge is 2.22. The zero-order chi connectivity index (χ0) is 12.6. The average molecular weight is 229 g/mol. The molecule has 0 atom stereocenters. The number of nitrogens with one attached hydrogen (secondary N) is 1. The zero-order valence-corrected chi connectivity index (χ0v) is 10.2. The molecule has 17 heavy (non-hydrogen) atoms. The summed E-state index contributed by atoms with van der Waals surface area (Å²) in [5.41, 5.74) is 2.50. The van der Waals surface area contributed by atoms with Gasteiger partial charge in [-0.25, -0.2) is 0 Å². The molecule has 0 unspecified atom stereocenters. The van der Waals surface area contributed by atoms with E-state index in [-0.39, 0.29) is 17.2 Å². The lowest BCUT2D eigenvalue weighted by Gasteiger charge is -2.19. The van der Waals surface area contributed by atoms with Crippen molar-refractivity contribution >= 4 is 17.4 Å². The topological polar surface area (TPSA) is 46.2 Å². The molecule has 1 aliphatic heterocycles. The first kappa shape index (κ1) is 11.6. The third kappa shape index (κ3) is 2.28. The second kappa shape index (κ2) is 3.84. The van der Waals surface area contributed by atoms with Gasteiger partial charge in [0.25, 0.3) is 11.8 Å². The van der Waals surface area contributed by atoms with Crippen LogP contribution in [0.2, 0.25) is 0 Å². The van der Waals surface area contributed by atoms with Crippen LogP contribution in [0, 0.1) is 0 Å². The van der Waals surface area contributed by atoms with Crippen molar-refractivity contribution in [3.63, 3.8) is 0 Å². The lowest BCUT2D eigenvalue weighted by molar-refractivity contribution is -0.123. The monoisotopic (exact) mass is 229 g/mol. The van der Waals surface area contributed by atoms with E-state index in [1.165, 1.54) is 11.6 Å². The number of amides is 2. The van der Waals surface area contributed by atoms with Gasteiger partial charge in [-0.15, -0.1) is 0 Å². The quantitative estimate of drug-likeness (QED) is 0.749. The molecule has 1 aromatic rings. The Hall–Kier alpha value is -1.90. The molecule has 0 aliphatic carbocycles. The number of carbonyl (C=O) groups excluding carboxylic acids is 2. The van der Waals surface area contributed by atoms with Crippen LogP contribution in [0.1, 0.15) is 31.9 Å². The Balaban J connectivity index is 2.34. The molecule has 0 spiro atoms. The van der Waals surface area contributed by atoms with Crippen LogP contribution >= 0.6 is 0 Å². The molecule has 0 saturated carbocycles. The molecule has 0 fully saturated rings. The predicted octanol–water partition coefficient (Wildman–Crippen LogP) is 2.02. The minimum atomic E-state index is -0.343. The lowest BCUT2D eigenvalue weighted by atomic mass is 9.86. The normalized spacial score (nSPS) is 15.8. The molecule has 0 aromatic heterocycles. The van der Waals surface area contributed by atoms with E-state index in [0.717, 1.165) is 5.56 Å². The van der Waals surface area contributed by atoms with Crippen LogP contribution in [-0.4, -0.2) is 11.8 Å². The number of hydrogen-bond acceptors (Lipinski definition) is 2. The zero-order valence-electron chi connectivity index (χ0n) is 10.2. The Morgan fingerprint density at radius 2 is 1.59 bits per heavy atom. The molecule has 3 heteroatoms. The summed E-state index contributed by atoms with van der Waals surface area (Å²) in [5, 5.41) is 2.24. The highest BCUT2D eigenvalue weighted by atomic mass is 16.2. The molecular formula is C14H15NO2. The van der Waals surface area contributed by atoms with Crippen molar-refractivity contribution in [2.24, 2.45) is 0 Å². The second-order valence-electron chi connectivity index (χ2n) is 5.20. The van der Waals surface area contributed by atoms with E-state index in [4.69, 9.17) is 0 Å². The van der Waals surface area contributed by atoms with Crippen molar-refractivity contribution in [3.8, 4) is 0 Å². The van der Waals surface area contributed by atoms with E-state index in [1.807, 2.05) is 24.3 Å². The molecule has 0 saturated heterocycles. The van der Waals surface area contributed by atoms with Crippen LogP contribution < -0.4 is 5.32 Å². The second-order valence-corrected chi connectivity index (χ2v) is 5.20. The van der Waals surface area contributed by atoms with Gasteiger partial charge in [0, 0.05) is 6.08 Å². The Kier molecular flexibility index (Phi) is 2.62. The maximum Gasteiger partial charge on any atom is 0.258 e. The molecular weight excluding hydrogens is 214 g/mol. The first-order valence-corrected chi connectivity index (χ1v) is 5.56. The molecule has 2 amide bonds. The number of hydrogen-bond donors (Lipinski definition) is 1. The van der Waals surface area contributed by atoms with Crippen molar-refractivity contribution in [3.05, 3.63) is 41.5 Å². The molecule has 2 rings (SSSR count). The molecule has 1 N–H and O–H groups in total. The van der Waals surface area contributed by atoms with E-state index in [2.05, 4.69) is 26.1 Å². The summed E-state index contributed by atoms with van der Waals surface area (Å²) >= 11 is 0. The summed E-state index contributed by atoms with van der Waals surface area (Å²) in [6.07, 6.45) is 1.34. The van der Waals surface area contributed by atoms with Crippen LogP contribution in [0.15, 0.2) is 30.3 Å². The minimum absolute atomic E-state index is 0.0840. The third-order valence-corrected chi connectivity index (χ3v) is 2.82. The largest absolute Gasteiger partial charge is 0.289 e. The first-order chi connectivity index (χ1) is 7.88. The molecule has 3 nitrogen and oxygen atoms in total. The predicted molar refractivity (Wildman–Crippen MR) is 66.3 cm³/mol. The van der Waals surface area contributed by atoms with Gasteiger partial charge in [0.05, 0.1) is 5.57 Å². The summed E-state index contributed by atoms with van der Waals surface area (Å²) in [5.74, 6) is -0.664. The Bertz CT molecular complexity index is 504. The summed E-state index contributed by atoms with van der Waals surface area (Å²) in [4.78, 5) is 22.5. The van der Waals surface area contributed by atoms with E-state index in [9.17, 15) is 9.59 Å². The van der Waals surface area contributed by atoms with Crippen molar-refractivity contribution in [1.29, 1.82) is 0 Å². The van der Waals surface area contributed by atoms with Crippen LogP contribution in [0.3, 0.4) is 0 Å². The number of carbonyl (C=O) groups is 2. The van der Waals surface area contributed by atoms with Gasteiger partial charge in [-0.05, 0) is 16.5 Å². The Morgan fingerprint density at radius 3 is 2.00 bits per heavy atom. The van der Waals surface area contributed by atoms with Gasteiger partial charge in [-0.1, -0.05) is 45.0 Å². The maximum atomic E-state index is 11.5. The fraction of sp³-hybridized carbons (Fsp3) is 0.286. The summed E-state index contributed by atoms with van der Waals surface area (Å²) in [6, 6.07) is 7.74. The van der Waals surface area contributed by atoms with Crippen molar-refractivity contribution in [2.45, 2.75) is 26.2 Å². The number of rotatable bonds is 1. The standard InChI is InChI=1S/C14H15NO2/c1-14(2,3)10-6-4-9(5-7-10)11-8-12(16)15-13(11)17/h4-8H,1-3H3,(H,15,16,17). The van der Waals surface area contributed by atoms with Crippen molar-refractivity contribution < 1.29 is 9.59 Å². The van der Waals surface area contributed by atoms with Gasteiger partial charge in [0.2, 0.25) is 0 Å². The van der Waals surface area contributed by atoms with Gasteiger partial charge in [0.15, 0.2) is 0 Å². The Morgan fingerprint density at radius 1 is 1.00 bits per heavy atom. The SMILES string of the molecule is CC(C)(C)c1ccc(C2=CC(=O)NC2=O)cc1. The van der Waals surface area contributed by atoms with E-state index in [1.54, 1.807) is 0 Å². The van der Waals surface area contributed by atoms with Gasteiger partial charge < -0.3 is 0 Å². The maximum absolute atomic E-state index is 11.5. The molecule has 0 bridgehead atoms. The molecule has 1 aliphatic rings. The first-order valence-electron chi connectivity index (χ1n) is 5.56. The van der Waals surface area contributed by atoms with Crippen molar-refractivity contribution in [1.82, 2.24) is 5.32 Å². The van der Waals surface area contributed by atoms with Crippen LogP contribution in [0.25, 0.3) is 5.57 Å². The summed E-state index contributed by atoms with van der Waals surface area (Å²) < 4.78 is 0. The van der Waals surface area contributed by atoms with Gasteiger partial charge in [0.1, 0.15) is 0 Å². The third-order valence-electron chi connectivity index (χ3n) is 2.82. The van der Waals surface area contributed by atoms with Gasteiger partial charge in [-0.3, -0.25) is 14.9 Å². The van der Waals surface area contributed by atoms with Crippen LogP contribution in [0.5, 0.6) is 0 Å². The highest BCUT2D eigenvalue weighted by molar-refractivity contribution is 6.33. The van der Waals surface area contributed by atoms with Crippen LogP contribution in [-0.2, 0) is 15.0 Å². The van der Waals surface area contributed by atoms with Gasteiger partial charge >= 0.3 is 0 Å².